The molecule has 0 aromatic heterocycles. The Morgan fingerprint density at radius 1 is 0.773 bits per heavy atom. The molecule has 0 bridgehead atoms. The minimum absolute atomic E-state index is 0.0465. The van der Waals surface area contributed by atoms with Gasteiger partial charge in [-0.25, -0.2) is 8.78 Å². The van der Waals surface area contributed by atoms with Crippen LogP contribution in [0.2, 0.25) is 0 Å². The van der Waals surface area contributed by atoms with Crippen LogP contribution in [0.4, 0.5) is 48.3 Å². The van der Waals surface area contributed by atoms with Crippen LogP contribution in [0.3, 0.4) is 0 Å². The van der Waals surface area contributed by atoms with Crippen LogP contribution in [0.25, 0.3) is 0 Å². The summed E-state index contributed by atoms with van der Waals surface area (Å²) in [5.41, 5.74) is -3.23. The van der Waals surface area contributed by atoms with Crippen LogP contribution in [0, 0.1) is 29.4 Å². The molecular weight excluding hydrogens is 621 g/mol. The highest BCUT2D eigenvalue weighted by molar-refractivity contribution is 5.35. The van der Waals surface area contributed by atoms with Gasteiger partial charge in [-0.2, -0.15) is 26.3 Å². The van der Waals surface area contributed by atoms with E-state index in [0.29, 0.717) is 25.3 Å². The molecule has 1 heterocycles. The molecule has 2 fully saturated rings. The van der Waals surface area contributed by atoms with E-state index in [4.69, 9.17) is 9.47 Å². The average molecular weight is 649 g/mol. The van der Waals surface area contributed by atoms with Crippen LogP contribution in [-0.2, 0) is 21.5 Å². The molecule has 0 amide bonds. The van der Waals surface area contributed by atoms with E-state index in [9.17, 15) is 30.7 Å². The van der Waals surface area contributed by atoms with E-state index in [2.05, 4.69) is 9.47 Å². The first-order chi connectivity index (χ1) is 20.4. The van der Waals surface area contributed by atoms with Gasteiger partial charge in [-0.1, -0.05) is 18.2 Å². The van der Waals surface area contributed by atoms with Crippen molar-refractivity contribution in [3.63, 3.8) is 0 Å². The fourth-order valence-electron chi connectivity index (χ4n) is 5.29. The molecule has 2 aromatic rings. The number of alkyl halides is 9. The first-order valence-corrected chi connectivity index (χ1v) is 13.5. The van der Waals surface area contributed by atoms with E-state index in [1.807, 2.05) is 19.1 Å². The van der Waals surface area contributed by atoms with Gasteiger partial charge >= 0.3 is 24.3 Å². The molecule has 0 unspecified atom stereocenters. The Kier molecular flexibility index (Phi) is 9.79. The second kappa shape index (κ2) is 12.7. The van der Waals surface area contributed by atoms with Crippen molar-refractivity contribution < 1.29 is 67.2 Å². The summed E-state index contributed by atoms with van der Waals surface area (Å²) >= 11 is 0. The van der Waals surface area contributed by atoms with Gasteiger partial charge in [0.15, 0.2) is 17.9 Å². The van der Waals surface area contributed by atoms with Gasteiger partial charge < -0.3 is 18.9 Å². The lowest BCUT2D eigenvalue weighted by Crippen LogP contribution is -2.47. The summed E-state index contributed by atoms with van der Waals surface area (Å²) in [5.74, 6) is -17.9. The maximum Gasteiger partial charge on any atom is 0.573 e. The minimum Gasteiger partial charge on any atom is -0.429 e. The Morgan fingerprint density at radius 3 is 1.95 bits per heavy atom. The maximum atomic E-state index is 15.2. The molecule has 2 aromatic carbocycles. The van der Waals surface area contributed by atoms with Gasteiger partial charge in [0.2, 0.25) is 0 Å². The number of hydrogen-bond donors (Lipinski definition) is 0. The van der Waals surface area contributed by atoms with Crippen molar-refractivity contribution in [2.75, 3.05) is 13.2 Å². The molecule has 1 saturated heterocycles. The third kappa shape index (κ3) is 7.41. The first kappa shape index (κ1) is 33.8. The number of hydrogen-bond acceptors (Lipinski definition) is 4. The van der Waals surface area contributed by atoms with E-state index in [0.717, 1.165) is 0 Å². The fraction of sp³-hybridized carbons (Fsp3) is 0.517. The zero-order chi connectivity index (χ0) is 32.5. The molecule has 1 aliphatic carbocycles. The number of allylic oxidation sites excluding steroid dienone is 1. The van der Waals surface area contributed by atoms with Gasteiger partial charge in [0.05, 0.1) is 18.8 Å². The van der Waals surface area contributed by atoms with E-state index in [1.165, 1.54) is 0 Å². The summed E-state index contributed by atoms with van der Waals surface area (Å²) in [6.45, 7) is 2.58. The zero-order valence-corrected chi connectivity index (χ0v) is 23.0. The van der Waals surface area contributed by atoms with Crippen molar-refractivity contribution in [3.05, 3.63) is 71.3 Å². The minimum atomic E-state index is -5.29. The molecule has 2 aliphatic rings. The highest BCUT2D eigenvalue weighted by Gasteiger charge is 2.62. The number of ether oxygens (including phenoxy) is 4. The third-order valence-corrected chi connectivity index (χ3v) is 7.52. The van der Waals surface area contributed by atoms with Crippen molar-refractivity contribution in [2.45, 2.75) is 63.2 Å². The molecule has 0 spiro atoms. The van der Waals surface area contributed by atoms with Gasteiger partial charge in [0.1, 0.15) is 11.6 Å². The largest absolute Gasteiger partial charge is 0.573 e. The van der Waals surface area contributed by atoms with E-state index in [1.54, 1.807) is 0 Å². The van der Waals surface area contributed by atoms with Crippen molar-refractivity contribution in [1.82, 2.24) is 0 Å². The highest BCUT2D eigenvalue weighted by Crippen LogP contribution is 2.52. The molecule has 0 atom stereocenters. The average Bonchev–Trinajstić information content (AvgIpc) is 2.94. The molecule has 0 radical (unpaired) electrons. The lowest BCUT2D eigenvalue weighted by Gasteiger charge is -2.40. The molecule has 4 nitrogen and oxygen atoms in total. The van der Waals surface area contributed by atoms with E-state index < -0.39 is 70.8 Å². The Balaban J connectivity index is 1.43. The summed E-state index contributed by atoms with van der Waals surface area (Å²) in [5, 5.41) is 0. The Morgan fingerprint density at radius 2 is 1.41 bits per heavy atom. The van der Waals surface area contributed by atoms with Crippen LogP contribution in [0.5, 0.6) is 11.5 Å². The van der Waals surface area contributed by atoms with Gasteiger partial charge in [-0.05, 0) is 56.9 Å². The summed E-state index contributed by atoms with van der Waals surface area (Å²) in [4.78, 5) is 0. The van der Waals surface area contributed by atoms with Crippen molar-refractivity contribution in [3.8, 4) is 11.5 Å². The van der Waals surface area contributed by atoms with Crippen LogP contribution in [-0.4, -0.2) is 31.8 Å². The lowest BCUT2D eigenvalue weighted by molar-refractivity contribution is -0.275. The fourth-order valence-corrected chi connectivity index (χ4v) is 5.29. The maximum absolute atomic E-state index is 15.2. The first-order valence-electron chi connectivity index (χ1n) is 13.5. The summed E-state index contributed by atoms with van der Waals surface area (Å²) in [7, 11) is 0. The molecule has 44 heavy (non-hydrogen) atoms. The molecule has 1 saturated carbocycles. The SMILES string of the molecule is C/C=C/C1COC(C2CCC(C(F)(F)C(F)(F)c3ccc(C(F)(F)Oc4ccc(OC(F)(F)F)c(F)c4)c(F)c3)CC2)OC1. The second-order valence-corrected chi connectivity index (χ2v) is 10.6. The number of rotatable bonds is 9. The lowest BCUT2D eigenvalue weighted by atomic mass is 9.76. The Bertz CT molecular complexity index is 1310. The van der Waals surface area contributed by atoms with Gasteiger partial charge in [-0.15, -0.1) is 13.2 Å². The number of halogens is 11. The smallest absolute Gasteiger partial charge is 0.429 e. The molecule has 4 rings (SSSR count). The van der Waals surface area contributed by atoms with E-state index in [-0.39, 0.29) is 61.8 Å². The molecule has 244 valence electrons. The predicted molar refractivity (Wildman–Crippen MR) is 132 cm³/mol. The topological polar surface area (TPSA) is 36.9 Å². The Labute approximate surface area is 244 Å². The number of benzene rings is 2. The third-order valence-electron chi connectivity index (χ3n) is 7.52. The molecule has 0 N–H and O–H groups in total. The predicted octanol–water partition coefficient (Wildman–Crippen LogP) is 9.09. The van der Waals surface area contributed by atoms with Crippen LogP contribution < -0.4 is 9.47 Å². The van der Waals surface area contributed by atoms with Crippen molar-refractivity contribution in [1.29, 1.82) is 0 Å². The molecular formula is C29H27F11O4. The quantitative estimate of drug-likeness (QED) is 0.201. The van der Waals surface area contributed by atoms with Crippen LogP contribution in [0.1, 0.15) is 43.7 Å². The highest BCUT2D eigenvalue weighted by atomic mass is 19.4. The summed E-state index contributed by atoms with van der Waals surface area (Å²) in [6, 6.07) is 1.01. The molecule has 15 heteroatoms. The molecule has 1 aliphatic heterocycles. The van der Waals surface area contributed by atoms with Crippen LogP contribution >= 0.6 is 0 Å². The van der Waals surface area contributed by atoms with Crippen LogP contribution in [0.15, 0.2) is 48.6 Å². The monoisotopic (exact) mass is 648 g/mol. The standard InChI is InChI=1S/C29H27F11O4/c1-2-3-16-14-41-25(42-15-16)17-4-6-18(7-5-17)26(32,33)27(34,35)19-8-10-21(22(30)12-19)28(36,37)43-20-9-11-24(23(31)13-20)44-29(38,39)40/h2-3,8-13,16-18,25H,4-7,14-15H2,1H3/b3-2+. The van der Waals surface area contributed by atoms with Gasteiger partial charge in [0.25, 0.3) is 0 Å². The normalized spacial score (nSPS) is 24.0. The van der Waals surface area contributed by atoms with Crippen molar-refractivity contribution >= 4 is 0 Å². The Hall–Kier alpha value is -3.07. The van der Waals surface area contributed by atoms with E-state index >= 15 is 17.6 Å². The zero-order valence-electron chi connectivity index (χ0n) is 23.0. The van der Waals surface area contributed by atoms with Gasteiger partial charge in [0, 0.05) is 29.4 Å². The summed E-state index contributed by atoms with van der Waals surface area (Å²) < 4.78 is 174. The second-order valence-electron chi connectivity index (χ2n) is 10.6. The summed E-state index contributed by atoms with van der Waals surface area (Å²) in [6.07, 6.45) is -7.28. The van der Waals surface area contributed by atoms with Gasteiger partial charge in [-0.3, -0.25) is 0 Å². The van der Waals surface area contributed by atoms with Crippen molar-refractivity contribution in [2.24, 2.45) is 17.8 Å².